The molecule has 0 saturated carbocycles. The number of primary sulfonamides is 1. The Balaban J connectivity index is 2.15. The predicted molar refractivity (Wildman–Crippen MR) is 82.7 cm³/mol. The Labute approximate surface area is 134 Å². The molecule has 2 rings (SSSR count). The maximum Gasteiger partial charge on any atom is 0.293 e. The van der Waals surface area contributed by atoms with Gasteiger partial charge < -0.3 is 14.8 Å². The van der Waals surface area contributed by atoms with E-state index in [1.165, 1.54) is 12.1 Å². The third kappa shape index (κ3) is 4.61. The molecule has 1 aliphatic rings. The summed E-state index contributed by atoms with van der Waals surface area (Å²) in [7, 11) is -4.00. The summed E-state index contributed by atoms with van der Waals surface area (Å²) in [6.45, 7) is 4.93. The van der Waals surface area contributed by atoms with E-state index in [0.29, 0.717) is 19.8 Å². The Morgan fingerprint density at radius 1 is 1.48 bits per heavy atom. The largest absolute Gasteiger partial charge is 0.377 e. The van der Waals surface area contributed by atoms with E-state index in [-0.39, 0.29) is 22.4 Å². The molecule has 0 aliphatic carbocycles. The van der Waals surface area contributed by atoms with Crippen molar-refractivity contribution < 1.29 is 22.8 Å². The summed E-state index contributed by atoms with van der Waals surface area (Å²) in [5.74, 6) is 0. The highest BCUT2D eigenvalue weighted by Crippen LogP contribution is 2.27. The lowest BCUT2D eigenvalue weighted by molar-refractivity contribution is -0.384. The van der Waals surface area contributed by atoms with Gasteiger partial charge in [-0.05, 0) is 26.0 Å². The van der Waals surface area contributed by atoms with E-state index in [9.17, 15) is 18.5 Å². The van der Waals surface area contributed by atoms with Crippen molar-refractivity contribution in [2.24, 2.45) is 5.14 Å². The molecule has 1 fully saturated rings. The van der Waals surface area contributed by atoms with E-state index >= 15 is 0 Å². The molecule has 128 valence electrons. The van der Waals surface area contributed by atoms with Crippen LogP contribution >= 0.6 is 0 Å². The molecule has 1 heterocycles. The summed E-state index contributed by atoms with van der Waals surface area (Å²) in [4.78, 5) is 10.1. The van der Waals surface area contributed by atoms with Gasteiger partial charge in [-0.1, -0.05) is 0 Å². The van der Waals surface area contributed by atoms with E-state index < -0.39 is 20.5 Å². The van der Waals surface area contributed by atoms with Crippen LogP contribution in [0.25, 0.3) is 0 Å². The Hall–Kier alpha value is -1.75. The zero-order valence-electron chi connectivity index (χ0n) is 12.8. The molecule has 9 nitrogen and oxygen atoms in total. The number of rotatable bonds is 5. The molecule has 23 heavy (non-hydrogen) atoms. The lowest BCUT2D eigenvalue weighted by Crippen LogP contribution is -2.45. The molecule has 1 saturated heterocycles. The fourth-order valence-corrected chi connectivity index (χ4v) is 2.80. The van der Waals surface area contributed by atoms with E-state index in [2.05, 4.69) is 5.32 Å². The van der Waals surface area contributed by atoms with Crippen molar-refractivity contribution >= 4 is 21.4 Å². The number of sulfonamides is 1. The first kappa shape index (κ1) is 17.6. The highest BCUT2D eigenvalue weighted by molar-refractivity contribution is 7.89. The first-order valence-corrected chi connectivity index (χ1v) is 8.44. The number of ether oxygens (including phenoxy) is 2. The van der Waals surface area contributed by atoms with Crippen molar-refractivity contribution in [1.29, 1.82) is 0 Å². The predicted octanol–water partition coefficient (Wildman–Crippen LogP) is 0.848. The quantitative estimate of drug-likeness (QED) is 0.596. The minimum atomic E-state index is -4.00. The highest BCUT2D eigenvalue weighted by Gasteiger charge is 2.29. The Morgan fingerprint density at radius 2 is 2.17 bits per heavy atom. The van der Waals surface area contributed by atoms with Gasteiger partial charge in [0.2, 0.25) is 10.0 Å². The second-order valence-corrected chi connectivity index (χ2v) is 7.44. The molecule has 0 spiro atoms. The number of benzene rings is 1. The van der Waals surface area contributed by atoms with Gasteiger partial charge in [0.25, 0.3) is 5.69 Å². The standard InChI is InChI=1S/C13H19N3O6S/c1-13(2)8-21-7-9(22-13)6-15-11-4-3-10(23(14,19)20)5-12(11)16(17)18/h3-5,9,15H,6-8H2,1-2H3,(H2,14,19,20)/t9-/m0/s1. The van der Waals surface area contributed by atoms with Crippen molar-refractivity contribution in [1.82, 2.24) is 0 Å². The zero-order chi connectivity index (χ0) is 17.3. The van der Waals surface area contributed by atoms with Crippen molar-refractivity contribution in [3.05, 3.63) is 28.3 Å². The summed E-state index contributed by atoms with van der Waals surface area (Å²) in [6, 6.07) is 3.46. The Morgan fingerprint density at radius 3 is 2.74 bits per heavy atom. The highest BCUT2D eigenvalue weighted by atomic mass is 32.2. The SMILES string of the molecule is CC1(C)COC[C@H](CNc2ccc(S(N)(=O)=O)cc2[N+](=O)[O-])O1. The molecule has 0 unspecified atom stereocenters. The van der Waals surface area contributed by atoms with Crippen LogP contribution in [-0.4, -0.2) is 44.8 Å². The number of hydrogen-bond acceptors (Lipinski definition) is 7. The minimum Gasteiger partial charge on any atom is -0.377 e. The van der Waals surface area contributed by atoms with Gasteiger partial charge in [0.05, 0.1) is 34.7 Å². The Kier molecular flexibility index (Phi) is 4.90. The maximum absolute atomic E-state index is 11.3. The molecule has 0 radical (unpaired) electrons. The molecule has 1 aromatic rings. The van der Waals surface area contributed by atoms with Crippen LogP contribution in [0.4, 0.5) is 11.4 Å². The first-order chi connectivity index (χ1) is 10.6. The smallest absolute Gasteiger partial charge is 0.293 e. The van der Waals surface area contributed by atoms with Gasteiger partial charge in [0.1, 0.15) is 5.69 Å². The molecular weight excluding hydrogens is 326 g/mol. The summed E-state index contributed by atoms with van der Waals surface area (Å²) in [5, 5.41) is 19.0. The summed E-state index contributed by atoms with van der Waals surface area (Å²) >= 11 is 0. The van der Waals surface area contributed by atoms with Crippen LogP contribution in [0.2, 0.25) is 0 Å². The molecule has 0 amide bonds. The molecule has 0 aromatic heterocycles. The zero-order valence-corrected chi connectivity index (χ0v) is 13.6. The topological polar surface area (TPSA) is 134 Å². The number of nitrogens with zero attached hydrogens (tertiary/aromatic N) is 1. The van der Waals surface area contributed by atoms with Crippen LogP contribution in [0.3, 0.4) is 0 Å². The van der Waals surface area contributed by atoms with Gasteiger partial charge in [-0.15, -0.1) is 0 Å². The molecule has 3 N–H and O–H groups in total. The van der Waals surface area contributed by atoms with Gasteiger partial charge in [-0.25, -0.2) is 13.6 Å². The number of nitro groups is 1. The molecule has 1 atom stereocenters. The fourth-order valence-electron chi connectivity index (χ4n) is 2.27. The minimum absolute atomic E-state index is 0.189. The second kappa shape index (κ2) is 6.40. The summed E-state index contributed by atoms with van der Waals surface area (Å²) in [5.41, 5.74) is -0.601. The van der Waals surface area contributed by atoms with Crippen molar-refractivity contribution in [2.45, 2.75) is 30.4 Å². The van der Waals surface area contributed by atoms with Gasteiger partial charge in [0.15, 0.2) is 0 Å². The fraction of sp³-hybridized carbons (Fsp3) is 0.538. The lowest BCUT2D eigenvalue weighted by atomic mass is 10.1. The molecular formula is C13H19N3O6S. The van der Waals surface area contributed by atoms with Gasteiger partial charge in [0, 0.05) is 12.6 Å². The van der Waals surface area contributed by atoms with Crippen LogP contribution in [-0.2, 0) is 19.5 Å². The Bertz CT molecular complexity index is 704. The molecule has 0 bridgehead atoms. The van der Waals surface area contributed by atoms with E-state index in [1.54, 1.807) is 0 Å². The lowest BCUT2D eigenvalue weighted by Gasteiger charge is -2.36. The van der Waals surface area contributed by atoms with Crippen molar-refractivity contribution in [3.63, 3.8) is 0 Å². The average molecular weight is 345 g/mol. The molecule has 1 aromatic carbocycles. The number of anilines is 1. The monoisotopic (exact) mass is 345 g/mol. The third-order valence-corrected chi connectivity index (χ3v) is 4.16. The molecule has 1 aliphatic heterocycles. The number of nitro benzene ring substituents is 1. The van der Waals surface area contributed by atoms with E-state index in [1.807, 2.05) is 13.8 Å². The second-order valence-electron chi connectivity index (χ2n) is 5.88. The van der Waals surface area contributed by atoms with Gasteiger partial charge in [-0.2, -0.15) is 0 Å². The van der Waals surface area contributed by atoms with Crippen LogP contribution in [0.5, 0.6) is 0 Å². The van der Waals surface area contributed by atoms with E-state index in [0.717, 1.165) is 6.07 Å². The number of nitrogens with one attached hydrogen (secondary N) is 1. The van der Waals surface area contributed by atoms with Crippen LogP contribution in [0.15, 0.2) is 23.1 Å². The summed E-state index contributed by atoms with van der Waals surface area (Å²) < 4.78 is 33.8. The van der Waals surface area contributed by atoms with Crippen LogP contribution in [0, 0.1) is 10.1 Å². The van der Waals surface area contributed by atoms with Crippen LogP contribution in [0.1, 0.15) is 13.8 Å². The number of hydrogen-bond donors (Lipinski definition) is 2. The summed E-state index contributed by atoms with van der Waals surface area (Å²) in [6.07, 6.45) is -0.267. The van der Waals surface area contributed by atoms with E-state index in [4.69, 9.17) is 14.6 Å². The van der Waals surface area contributed by atoms with Gasteiger partial charge >= 0.3 is 0 Å². The first-order valence-electron chi connectivity index (χ1n) is 6.89. The average Bonchev–Trinajstić information content (AvgIpc) is 2.42. The third-order valence-electron chi connectivity index (χ3n) is 3.25. The van der Waals surface area contributed by atoms with Gasteiger partial charge in [-0.3, -0.25) is 10.1 Å². The number of nitrogens with two attached hydrogens (primary N) is 1. The maximum atomic E-state index is 11.3. The molecule has 10 heteroatoms. The van der Waals surface area contributed by atoms with Crippen molar-refractivity contribution in [2.75, 3.05) is 25.1 Å². The van der Waals surface area contributed by atoms with Crippen molar-refractivity contribution in [3.8, 4) is 0 Å². The van der Waals surface area contributed by atoms with Crippen LogP contribution < -0.4 is 10.5 Å². The normalized spacial score (nSPS) is 20.9.